The Labute approximate surface area is 175 Å². The first kappa shape index (κ1) is 21.0. The van der Waals surface area contributed by atoms with Crippen LogP contribution in [0.1, 0.15) is 6.42 Å². The Morgan fingerprint density at radius 3 is 2.87 bits per heavy atom. The number of hydrogen-bond acceptors (Lipinski definition) is 6. The maximum atomic E-state index is 13.0. The molecule has 3 atom stereocenters. The molecule has 1 saturated heterocycles. The van der Waals surface area contributed by atoms with Gasteiger partial charge in [0, 0.05) is 19.3 Å². The van der Waals surface area contributed by atoms with Crippen molar-refractivity contribution in [2.45, 2.75) is 30.8 Å². The van der Waals surface area contributed by atoms with Crippen molar-refractivity contribution < 1.29 is 27.9 Å². The topological polar surface area (TPSA) is 110 Å². The van der Waals surface area contributed by atoms with Crippen LogP contribution in [0.2, 0.25) is 0 Å². The second-order valence-corrected chi connectivity index (χ2v) is 7.42. The third-order valence-corrected chi connectivity index (χ3v) is 5.34. The minimum atomic E-state index is -4.82. The molecule has 0 aliphatic carbocycles. The molecule has 3 aliphatic rings. The number of anilines is 1. The highest BCUT2D eigenvalue weighted by Crippen LogP contribution is 2.33. The van der Waals surface area contributed by atoms with Crippen molar-refractivity contribution in [1.29, 1.82) is 0 Å². The minimum absolute atomic E-state index is 0.128. The second-order valence-electron chi connectivity index (χ2n) is 7.42. The lowest BCUT2D eigenvalue weighted by molar-refractivity contribution is -0.201. The van der Waals surface area contributed by atoms with Crippen LogP contribution in [0.5, 0.6) is 0 Å². The van der Waals surface area contributed by atoms with Crippen LogP contribution in [-0.4, -0.2) is 75.8 Å². The second kappa shape index (κ2) is 8.10. The first-order chi connectivity index (χ1) is 14.7. The standard InChI is InChI=1S/C19H21F3N6O3/c20-19(21,22)14(29)9-24-17(30)12-4-5-13-16(25-12)28(11-6-8-27(13)10-11)18(31)26-15-3-1-2-7-23-15/h1-5,7,11-12,14,25,29H,6,8-10H2,(H,24,30)(H,23,26,31)/t11-,12?,14+/m0/s1. The summed E-state index contributed by atoms with van der Waals surface area (Å²) in [4.78, 5) is 33.1. The van der Waals surface area contributed by atoms with Crippen LogP contribution in [-0.2, 0) is 4.79 Å². The molecular weight excluding hydrogens is 417 g/mol. The lowest BCUT2D eigenvalue weighted by atomic mass is 10.1. The number of carbonyl (C=O) groups excluding carboxylic acids is 2. The van der Waals surface area contributed by atoms with Gasteiger partial charge >= 0.3 is 12.2 Å². The Bertz CT molecular complexity index is 920. The average molecular weight is 438 g/mol. The van der Waals surface area contributed by atoms with Crippen LogP contribution in [0, 0.1) is 0 Å². The zero-order valence-electron chi connectivity index (χ0n) is 16.3. The van der Waals surface area contributed by atoms with E-state index in [1.807, 2.05) is 0 Å². The summed E-state index contributed by atoms with van der Waals surface area (Å²) in [6, 6.07) is 3.55. The van der Waals surface area contributed by atoms with E-state index in [2.05, 4.69) is 25.8 Å². The number of aliphatic hydroxyl groups excluding tert-OH is 1. The Hall–Kier alpha value is -3.28. The molecule has 4 heterocycles. The van der Waals surface area contributed by atoms with Gasteiger partial charge in [-0.2, -0.15) is 13.2 Å². The molecule has 1 aromatic heterocycles. The van der Waals surface area contributed by atoms with Gasteiger partial charge in [-0.15, -0.1) is 0 Å². The number of dihydropyridines is 1. The molecule has 4 rings (SSSR count). The Kier molecular flexibility index (Phi) is 5.48. The largest absolute Gasteiger partial charge is 0.416 e. The van der Waals surface area contributed by atoms with Gasteiger partial charge in [0.05, 0.1) is 18.3 Å². The van der Waals surface area contributed by atoms with Crippen molar-refractivity contribution in [2.24, 2.45) is 0 Å². The summed E-state index contributed by atoms with van der Waals surface area (Å²) in [5.41, 5.74) is 0.726. The van der Waals surface area contributed by atoms with E-state index in [0.717, 1.165) is 18.7 Å². The molecule has 12 heteroatoms. The quantitative estimate of drug-likeness (QED) is 0.552. The highest BCUT2D eigenvalue weighted by atomic mass is 19.4. The van der Waals surface area contributed by atoms with E-state index in [1.165, 1.54) is 11.0 Å². The number of allylic oxidation sites excluding steroid dienone is 1. The lowest BCUT2D eigenvalue weighted by Gasteiger charge is -2.40. The number of pyridine rings is 1. The third kappa shape index (κ3) is 4.29. The maximum Gasteiger partial charge on any atom is 0.416 e. The number of halogens is 3. The van der Waals surface area contributed by atoms with Crippen molar-refractivity contribution in [3.8, 4) is 0 Å². The van der Waals surface area contributed by atoms with Crippen LogP contribution in [0.3, 0.4) is 0 Å². The number of nitrogens with zero attached hydrogens (tertiary/aromatic N) is 3. The molecule has 3 aliphatic heterocycles. The predicted octanol–water partition coefficient (Wildman–Crippen LogP) is 0.740. The van der Waals surface area contributed by atoms with Crippen LogP contribution in [0.15, 0.2) is 48.1 Å². The molecule has 0 saturated carbocycles. The number of aliphatic hydroxyl groups is 1. The Morgan fingerprint density at radius 2 is 2.16 bits per heavy atom. The molecule has 0 aromatic carbocycles. The molecule has 4 N–H and O–H groups in total. The number of fused-ring (bicyclic) bond motifs is 3. The highest BCUT2D eigenvalue weighted by Gasteiger charge is 2.43. The normalized spacial score (nSPS) is 23.2. The smallest absolute Gasteiger partial charge is 0.382 e. The molecule has 0 spiro atoms. The summed E-state index contributed by atoms with van der Waals surface area (Å²) >= 11 is 0. The van der Waals surface area contributed by atoms with E-state index < -0.39 is 36.8 Å². The zero-order valence-corrected chi connectivity index (χ0v) is 16.3. The number of aromatic nitrogens is 1. The first-order valence-electron chi connectivity index (χ1n) is 9.72. The first-order valence-corrected chi connectivity index (χ1v) is 9.72. The lowest BCUT2D eigenvalue weighted by Crippen LogP contribution is -2.56. The Morgan fingerprint density at radius 1 is 1.35 bits per heavy atom. The summed E-state index contributed by atoms with van der Waals surface area (Å²) in [7, 11) is 0. The molecule has 1 fully saturated rings. The molecule has 1 unspecified atom stereocenters. The van der Waals surface area contributed by atoms with Crippen LogP contribution in [0.4, 0.5) is 23.8 Å². The van der Waals surface area contributed by atoms with Gasteiger partial charge < -0.3 is 20.6 Å². The van der Waals surface area contributed by atoms with E-state index >= 15 is 0 Å². The fraction of sp³-hybridized carbons (Fsp3) is 0.421. The SMILES string of the molecule is O=C(NC[C@@H](O)C(F)(F)F)C1C=CC2=C(N1)N(C(=O)Nc1ccccn1)[C@H]1CCN2C1. The van der Waals surface area contributed by atoms with Gasteiger partial charge in [0.15, 0.2) is 6.10 Å². The maximum absolute atomic E-state index is 13.0. The number of urea groups is 1. The van der Waals surface area contributed by atoms with E-state index in [1.54, 1.807) is 30.5 Å². The molecule has 1 aromatic rings. The molecule has 9 nitrogen and oxygen atoms in total. The van der Waals surface area contributed by atoms with Crippen molar-refractivity contribution in [1.82, 2.24) is 25.4 Å². The van der Waals surface area contributed by atoms with Crippen LogP contribution >= 0.6 is 0 Å². The number of carbonyl (C=O) groups is 2. The van der Waals surface area contributed by atoms with Crippen molar-refractivity contribution in [3.05, 3.63) is 48.1 Å². The van der Waals surface area contributed by atoms with Gasteiger partial charge in [-0.3, -0.25) is 15.0 Å². The summed E-state index contributed by atoms with van der Waals surface area (Å²) in [6.07, 6.45) is -2.01. The van der Waals surface area contributed by atoms with Crippen molar-refractivity contribution in [3.63, 3.8) is 0 Å². The van der Waals surface area contributed by atoms with Crippen LogP contribution in [0.25, 0.3) is 0 Å². The van der Waals surface area contributed by atoms with Gasteiger partial charge in [-0.1, -0.05) is 12.1 Å². The monoisotopic (exact) mass is 438 g/mol. The predicted molar refractivity (Wildman–Crippen MR) is 103 cm³/mol. The van der Waals surface area contributed by atoms with Gasteiger partial charge in [-0.25, -0.2) is 9.78 Å². The molecule has 3 amide bonds. The number of amides is 3. The molecular formula is C19H21F3N6O3. The fourth-order valence-electron chi connectivity index (χ4n) is 3.79. The molecule has 31 heavy (non-hydrogen) atoms. The fourth-order valence-corrected chi connectivity index (χ4v) is 3.79. The third-order valence-electron chi connectivity index (χ3n) is 5.34. The van der Waals surface area contributed by atoms with Crippen molar-refractivity contribution in [2.75, 3.05) is 25.0 Å². The molecule has 0 radical (unpaired) electrons. The number of alkyl halides is 3. The summed E-state index contributed by atoms with van der Waals surface area (Å²) in [6.45, 7) is 0.408. The van der Waals surface area contributed by atoms with Crippen LogP contribution < -0.4 is 16.0 Å². The average Bonchev–Trinajstić information content (AvgIpc) is 3.15. The molecule has 166 valence electrons. The minimum Gasteiger partial charge on any atom is -0.382 e. The van der Waals surface area contributed by atoms with Crippen molar-refractivity contribution >= 4 is 17.8 Å². The van der Waals surface area contributed by atoms with Gasteiger partial charge in [0.1, 0.15) is 17.7 Å². The number of nitrogens with one attached hydrogen (secondary N) is 3. The summed E-state index contributed by atoms with van der Waals surface area (Å²) < 4.78 is 37.4. The summed E-state index contributed by atoms with van der Waals surface area (Å²) in [5, 5.41) is 16.9. The molecule has 2 bridgehead atoms. The van der Waals surface area contributed by atoms with Gasteiger partial charge in [0.25, 0.3) is 0 Å². The number of rotatable bonds is 4. The van der Waals surface area contributed by atoms with E-state index in [-0.39, 0.29) is 6.04 Å². The number of hydrogen-bond donors (Lipinski definition) is 4. The Balaban J connectivity index is 1.48. The summed E-state index contributed by atoms with van der Waals surface area (Å²) in [5.74, 6) is 0.0298. The van der Waals surface area contributed by atoms with Gasteiger partial charge in [0.2, 0.25) is 5.91 Å². The zero-order chi connectivity index (χ0) is 22.2. The van der Waals surface area contributed by atoms with E-state index in [9.17, 15) is 22.8 Å². The highest BCUT2D eigenvalue weighted by molar-refractivity contribution is 5.91. The van der Waals surface area contributed by atoms with E-state index in [0.29, 0.717) is 18.2 Å². The van der Waals surface area contributed by atoms with E-state index in [4.69, 9.17) is 5.11 Å². The van der Waals surface area contributed by atoms with Gasteiger partial charge in [-0.05, 0) is 24.6 Å².